The van der Waals surface area contributed by atoms with Gasteiger partial charge < -0.3 is 5.32 Å². The zero-order chi connectivity index (χ0) is 22.6. The lowest BCUT2D eigenvalue weighted by atomic mass is 10.0. The molecule has 0 radical (unpaired) electrons. The normalized spacial score (nSPS) is 11.4. The van der Waals surface area contributed by atoms with Gasteiger partial charge in [0.1, 0.15) is 11.6 Å². The van der Waals surface area contributed by atoms with Crippen LogP contribution in [-0.4, -0.2) is 9.97 Å². The van der Waals surface area contributed by atoms with Gasteiger partial charge in [0.25, 0.3) is 0 Å². The average Bonchev–Trinajstić information content (AvgIpc) is 2.69. The fourth-order valence-electron chi connectivity index (χ4n) is 2.79. The first-order chi connectivity index (χ1) is 14.7. The van der Waals surface area contributed by atoms with Gasteiger partial charge in [-0.1, -0.05) is 31.5 Å². The van der Waals surface area contributed by atoms with E-state index in [1.54, 1.807) is 12.1 Å². The number of nitriles is 1. The molecule has 2 aromatic carbocycles. The van der Waals surface area contributed by atoms with Crippen LogP contribution in [0.15, 0.2) is 58.6 Å². The molecule has 0 saturated heterocycles. The first-order valence-corrected chi connectivity index (χ1v) is 10.5. The van der Waals surface area contributed by atoms with Crippen LogP contribution in [0.5, 0.6) is 0 Å². The van der Waals surface area contributed by atoms with E-state index >= 15 is 0 Å². The zero-order valence-electron chi connectivity index (χ0n) is 16.7. The van der Waals surface area contributed by atoms with E-state index in [9.17, 15) is 18.4 Å². The second kappa shape index (κ2) is 9.58. The molecule has 0 aliphatic rings. The predicted molar refractivity (Wildman–Crippen MR) is 116 cm³/mol. The lowest BCUT2D eigenvalue weighted by molar-refractivity contribution is -0.137. The number of rotatable bonds is 6. The highest BCUT2D eigenvalue weighted by Gasteiger charge is 2.30. The maximum absolute atomic E-state index is 13.1. The Morgan fingerprint density at radius 1 is 1.13 bits per heavy atom. The molecule has 31 heavy (non-hydrogen) atoms. The molecule has 9 heteroatoms. The van der Waals surface area contributed by atoms with Gasteiger partial charge in [0.15, 0.2) is 11.0 Å². The van der Waals surface area contributed by atoms with Crippen LogP contribution in [0.4, 0.5) is 24.7 Å². The number of hydrogen-bond donors (Lipinski definition) is 1. The molecule has 0 aliphatic heterocycles. The molecule has 1 N–H and O–H groups in total. The molecule has 0 spiro atoms. The third-order valence-corrected chi connectivity index (χ3v) is 5.28. The van der Waals surface area contributed by atoms with Crippen molar-refractivity contribution in [1.82, 2.24) is 9.97 Å². The van der Waals surface area contributed by atoms with Gasteiger partial charge in [0, 0.05) is 15.6 Å². The maximum Gasteiger partial charge on any atom is 0.416 e. The Bertz CT molecular complexity index is 1110. The third-order valence-electron chi connectivity index (χ3n) is 4.15. The highest BCUT2D eigenvalue weighted by Crippen LogP contribution is 2.33. The number of aromatic nitrogens is 2. The fraction of sp³-hybridized carbons (Fsp3) is 0.227. The molecule has 0 saturated carbocycles. The Hall–Kier alpha value is -2.76. The van der Waals surface area contributed by atoms with E-state index in [1.165, 1.54) is 23.9 Å². The molecular weight excluding hydrogens is 445 g/mol. The van der Waals surface area contributed by atoms with Gasteiger partial charge in [-0.25, -0.2) is 9.97 Å². The van der Waals surface area contributed by atoms with Gasteiger partial charge in [-0.2, -0.15) is 18.4 Å². The second-order valence-corrected chi connectivity index (χ2v) is 8.62. The van der Waals surface area contributed by atoms with Crippen LogP contribution in [0.3, 0.4) is 0 Å². The number of halogens is 4. The van der Waals surface area contributed by atoms with Crippen molar-refractivity contribution in [2.24, 2.45) is 5.92 Å². The average molecular weight is 463 g/mol. The van der Waals surface area contributed by atoms with Crippen LogP contribution in [0.1, 0.15) is 30.7 Å². The van der Waals surface area contributed by atoms with E-state index in [0.29, 0.717) is 22.3 Å². The largest absolute Gasteiger partial charge is 0.416 e. The molecule has 0 atom stereocenters. The topological polar surface area (TPSA) is 61.6 Å². The molecule has 1 heterocycles. The van der Waals surface area contributed by atoms with Gasteiger partial charge in [0.05, 0.1) is 11.3 Å². The summed E-state index contributed by atoms with van der Waals surface area (Å²) in [5, 5.41) is 13.6. The first kappa shape index (κ1) is 22.9. The summed E-state index contributed by atoms with van der Waals surface area (Å²) in [6.07, 6.45) is -3.95. The minimum absolute atomic E-state index is 0.170. The van der Waals surface area contributed by atoms with Crippen LogP contribution < -0.4 is 5.32 Å². The number of nitrogens with one attached hydrogen (secondary N) is 1. The SMILES string of the molecule is CC(C)Cc1nc(Sc2ccc(Cl)cc2)nc(Nc2cccc(C(F)(F)F)c2)c1C#N. The number of nitrogens with zero attached hydrogens (tertiary/aromatic N) is 3. The van der Waals surface area contributed by atoms with Crippen molar-refractivity contribution in [2.75, 3.05) is 5.32 Å². The number of alkyl halides is 3. The fourth-order valence-corrected chi connectivity index (χ4v) is 3.69. The van der Waals surface area contributed by atoms with E-state index in [0.717, 1.165) is 17.0 Å². The molecule has 1 aromatic heterocycles. The summed E-state index contributed by atoms with van der Waals surface area (Å²) < 4.78 is 39.2. The first-order valence-electron chi connectivity index (χ1n) is 9.34. The summed E-state index contributed by atoms with van der Waals surface area (Å²) >= 11 is 7.21. The predicted octanol–water partition coefficient (Wildman–Crippen LogP) is 7.11. The van der Waals surface area contributed by atoms with E-state index < -0.39 is 11.7 Å². The van der Waals surface area contributed by atoms with Crippen molar-refractivity contribution in [1.29, 1.82) is 5.26 Å². The maximum atomic E-state index is 13.1. The summed E-state index contributed by atoms with van der Waals surface area (Å²) in [5.41, 5.74) is 0.149. The molecule has 3 rings (SSSR count). The Morgan fingerprint density at radius 3 is 2.45 bits per heavy atom. The minimum Gasteiger partial charge on any atom is -0.339 e. The zero-order valence-corrected chi connectivity index (χ0v) is 18.2. The highest BCUT2D eigenvalue weighted by atomic mass is 35.5. The summed E-state index contributed by atoms with van der Waals surface area (Å²) in [5.74, 6) is 0.390. The summed E-state index contributed by atoms with van der Waals surface area (Å²) in [6.45, 7) is 3.99. The Labute approximate surface area is 187 Å². The molecule has 160 valence electrons. The number of hydrogen-bond acceptors (Lipinski definition) is 5. The molecule has 3 aromatic rings. The summed E-state index contributed by atoms with van der Waals surface area (Å²) in [7, 11) is 0. The van der Waals surface area contributed by atoms with Crippen molar-refractivity contribution in [3.8, 4) is 6.07 Å². The van der Waals surface area contributed by atoms with E-state index in [2.05, 4.69) is 21.4 Å². The lowest BCUT2D eigenvalue weighted by Crippen LogP contribution is -2.09. The second-order valence-electron chi connectivity index (χ2n) is 7.15. The van der Waals surface area contributed by atoms with Gasteiger partial charge in [-0.05, 0) is 66.6 Å². The van der Waals surface area contributed by atoms with E-state index in [1.807, 2.05) is 26.0 Å². The van der Waals surface area contributed by atoms with Crippen molar-refractivity contribution >= 4 is 34.9 Å². The Morgan fingerprint density at radius 2 is 1.84 bits per heavy atom. The third kappa shape index (κ3) is 6.12. The molecule has 0 bridgehead atoms. The number of anilines is 2. The van der Waals surface area contributed by atoms with Crippen LogP contribution in [0.2, 0.25) is 5.02 Å². The number of benzene rings is 2. The van der Waals surface area contributed by atoms with Crippen LogP contribution in [-0.2, 0) is 12.6 Å². The van der Waals surface area contributed by atoms with Crippen molar-refractivity contribution in [3.63, 3.8) is 0 Å². The minimum atomic E-state index is -4.47. The Balaban J connectivity index is 2.03. The lowest BCUT2D eigenvalue weighted by Gasteiger charge is -2.15. The highest BCUT2D eigenvalue weighted by molar-refractivity contribution is 7.99. The monoisotopic (exact) mass is 462 g/mol. The van der Waals surface area contributed by atoms with Crippen LogP contribution in [0.25, 0.3) is 0 Å². The van der Waals surface area contributed by atoms with Crippen LogP contribution in [0, 0.1) is 17.2 Å². The molecular formula is C22H18ClF3N4S. The van der Waals surface area contributed by atoms with Gasteiger partial charge >= 0.3 is 6.18 Å². The van der Waals surface area contributed by atoms with Gasteiger partial charge in [-0.3, -0.25) is 0 Å². The van der Waals surface area contributed by atoms with Gasteiger partial charge in [0.2, 0.25) is 0 Å². The van der Waals surface area contributed by atoms with E-state index in [-0.39, 0.29) is 23.0 Å². The molecule has 0 unspecified atom stereocenters. The van der Waals surface area contributed by atoms with Crippen molar-refractivity contribution in [3.05, 3.63) is 70.4 Å². The van der Waals surface area contributed by atoms with Crippen LogP contribution >= 0.6 is 23.4 Å². The molecule has 4 nitrogen and oxygen atoms in total. The van der Waals surface area contributed by atoms with Gasteiger partial charge in [-0.15, -0.1) is 0 Å². The van der Waals surface area contributed by atoms with E-state index in [4.69, 9.17) is 11.6 Å². The van der Waals surface area contributed by atoms with Crippen molar-refractivity contribution < 1.29 is 13.2 Å². The summed E-state index contributed by atoms with van der Waals surface area (Å²) in [4.78, 5) is 9.80. The quantitative estimate of drug-likeness (QED) is 0.395. The molecule has 0 fully saturated rings. The summed E-state index contributed by atoms with van der Waals surface area (Å²) in [6, 6.07) is 14.0. The Kier molecular flexibility index (Phi) is 7.08. The molecule has 0 aliphatic carbocycles. The van der Waals surface area contributed by atoms with Crippen molar-refractivity contribution in [2.45, 2.75) is 36.5 Å². The molecule has 0 amide bonds. The standard InChI is InChI=1S/C22H18ClF3N4S/c1-13(2)10-19-18(12-27)20(28-16-5-3-4-14(11-16)22(24,25)26)30-21(29-19)31-17-8-6-15(23)7-9-17/h3-9,11,13H,10H2,1-2H3,(H,28,29,30). The smallest absolute Gasteiger partial charge is 0.339 e.